The van der Waals surface area contributed by atoms with Crippen molar-refractivity contribution in [3.05, 3.63) is 0 Å². The molecule has 216 valence electrons. The highest BCUT2D eigenvalue weighted by atomic mass is 16.7. The highest BCUT2D eigenvalue weighted by molar-refractivity contribution is 5.78. The van der Waals surface area contributed by atoms with Crippen molar-refractivity contribution in [3.63, 3.8) is 0 Å². The largest absolute Gasteiger partial charge is 0.435 e. The van der Waals surface area contributed by atoms with Crippen LogP contribution in [0.1, 0.15) is 143 Å². The predicted molar refractivity (Wildman–Crippen MR) is 149 cm³/mol. The molecule has 7 unspecified atom stereocenters. The molecule has 0 aromatic rings. The van der Waals surface area contributed by atoms with Crippen LogP contribution in [0.2, 0.25) is 0 Å². The van der Waals surface area contributed by atoms with Crippen molar-refractivity contribution >= 4 is 11.8 Å². The molecule has 0 amide bonds. The molecule has 0 aromatic heterocycles. The summed E-state index contributed by atoms with van der Waals surface area (Å²) in [5, 5.41) is 0. The number of ketones is 1. The van der Waals surface area contributed by atoms with E-state index < -0.39 is 6.29 Å². The topological polar surface area (TPSA) is 65.1 Å². The first kappa shape index (κ1) is 28.6. The molecule has 5 heteroatoms. The van der Waals surface area contributed by atoms with Gasteiger partial charge in [-0.25, -0.2) is 0 Å². The van der Waals surface area contributed by atoms with E-state index in [1.807, 2.05) is 0 Å². The fraction of sp³-hybridized carbons (Fsp3) is 0.939. The maximum atomic E-state index is 12.8. The zero-order valence-electron chi connectivity index (χ0n) is 24.8. The van der Waals surface area contributed by atoms with E-state index in [9.17, 15) is 9.59 Å². The van der Waals surface area contributed by atoms with Crippen LogP contribution in [0.5, 0.6) is 0 Å². The van der Waals surface area contributed by atoms with Crippen molar-refractivity contribution in [2.24, 2.45) is 28.1 Å². The van der Waals surface area contributed by atoms with Gasteiger partial charge < -0.3 is 14.2 Å². The molecule has 0 N–H and O–H groups in total. The number of carbonyl (C=O) groups excluding carboxylic acids is 2. The Hall–Kier alpha value is -0.940. The minimum Gasteiger partial charge on any atom is -0.435 e. The van der Waals surface area contributed by atoms with E-state index >= 15 is 0 Å². The van der Waals surface area contributed by atoms with Crippen molar-refractivity contribution < 1.29 is 23.8 Å². The summed E-state index contributed by atoms with van der Waals surface area (Å²) >= 11 is 0. The third kappa shape index (κ3) is 5.13. The fourth-order valence-electron chi connectivity index (χ4n) is 9.22. The summed E-state index contributed by atoms with van der Waals surface area (Å²) in [5.74, 6) is 1.44. The Kier molecular flexibility index (Phi) is 8.38. The SMILES string of the molecule is CCCCCCCCCCCCC(=O)CCCCC(=O)OC1OCC23OC2C2CC(C)(C)CC2C2(C)CC123. The van der Waals surface area contributed by atoms with Crippen LogP contribution < -0.4 is 0 Å². The van der Waals surface area contributed by atoms with Gasteiger partial charge in [-0.3, -0.25) is 9.59 Å². The molecule has 3 saturated carbocycles. The Balaban J connectivity index is 0.951. The van der Waals surface area contributed by atoms with Crippen LogP contribution >= 0.6 is 0 Å². The van der Waals surface area contributed by atoms with Crippen molar-refractivity contribution in [1.29, 1.82) is 0 Å². The van der Waals surface area contributed by atoms with Crippen molar-refractivity contribution in [3.8, 4) is 0 Å². The second-order valence-electron chi connectivity index (χ2n) is 14.6. The lowest BCUT2D eigenvalue weighted by molar-refractivity contribution is -0.182. The van der Waals surface area contributed by atoms with E-state index in [1.165, 1.54) is 70.6 Å². The van der Waals surface area contributed by atoms with Crippen molar-refractivity contribution in [2.45, 2.75) is 161 Å². The lowest BCUT2D eigenvalue weighted by Crippen LogP contribution is -2.46. The average molecular weight is 531 g/mol. The highest BCUT2D eigenvalue weighted by Gasteiger charge is 2.95. The Morgan fingerprint density at radius 1 is 0.816 bits per heavy atom. The standard InChI is InChI=1S/C33H54O5/c1-5-6-7-8-9-10-11-12-13-14-17-24(34)18-15-16-19-27(35)37-29-32-22-31(32,4)26-21-30(2,3)20-25(26)28-33(32,38-28)23-36-29/h25-26,28-29H,5-23H2,1-4H3. The molecular weight excluding hydrogens is 476 g/mol. The van der Waals surface area contributed by atoms with Gasteiger partial charge in [-0.1, -0.05) is 85.5 Å². The van der Waals surface area contributed by atoms with Gasteiger partial charge in [0.15, 0.2) is 0 Å². The number of rotatable bonds is 17. The van der Waals surface area contributed by atoms with E-state index in [0.717, 1.165) is 19.3 Å². The molecule has 38 heavy (non-hydrogen) atoms. The van der Waals surface area contributed by atoms with E-state index in [0.29, 0.717) is 55.3 Å². The lowest BCUT2D eigenvalue weighted by Gasteiger charge is -2.37. The number of fused-ring (bicyclic) bond motifs is 3. The van der Waals surface area contributed by atoms with Crippen LogP contribution in [-0.2, 0) is 23.8 Å². The third-order valence-corrected chi connectivity index (χ3v) is 11.3. The normalized spacial score (nSPS) is 39.2. The number of hydrogen-bond acceptors (Lipinski definition) is 5. The van der Waals surface area contributed by atoms with Gasteiger partial charge in [-0.2, -0.15) is 0 Å². The number of unbranched alkanes of at least 4 members (excludes halogenated alkanes) is 10. The van der Waals surface area contributed by atoms with Crippen LogP contribution in [0.15, 0.2) is 0 Å². The van der Waals surface area contributed by atoms with E-state index in [4.69, 9.17) is 14.2 Å². The molecule has 5 fully saturated rings. The molecule has 2 spiro atoms. The quantitative estimate of drug-likeness (QED) is 0.109. The van der Waals surface area contributed by atoms with Gasteiger partial charge in [0, 0.05) is 19.3 Å². The van der Waals surface area contributed by atoms with E-state index in [-0.39, 0.29) is 28.5 Å². The molecule has 0 radical (unpaired) electrons. The Morgan fingerprint density at radius 3 is 2.11 bits per heavy atom. The zero-order valence-corrected chi connectivity index (χ0v) is 24.8. The molecule has 2 aliphatic heterocycles. The summed E-state index contributed by atoms with van der Waals surface area (Å²) in [6.07, 6.45) is 19.4. The van der Waals surface area contributed by atoms with Gasteiger partial charge in [0.25, 0.3) is 0 Å². The fourth-order valence-corrected chi connectivity index (χ4v) is 9.22. The van der Waals surface area contributed by atoms with Crippen LogP contribution in [0.25, 0.3) is 0 Å². The van der Waals surface area contributed by atoms with Gasteiger partial charge in [0.2, 0.25) is 6.29 Å². The Bertz CT molecular complexity index is 867. The monoisotopic (exact) mass is 530 g/mol. The smallest absolute Gasteiger partial charge is 0.308 e. The molecule has 5 aliphatic rings. The summed E-state index contributed by atoms with van der Waals surface area (Å²) in [4.78, 5) is 25.0. The number of carbonyl (C=O) groups is 2. The number of epoxide rings is 1. The summed E-state index contributed by atoms with van der Waals surface area (Å²) in [6, 6.07) is 0. The summed E-state index contributed by atoms with van der Waals surface area (Å²) in [6.45, 7) is 10.0. The second kappa shape index (κ2) is 11.1. The van der Waals surface area contributed by atoms with Gasteiger partial charge in [-0.15, -0.1) is 0 Å². The van der Waals surface area contributed by atoms with Crippen molar-refractivity contribution in [2.75, 3.05) is 6.61 Å². The maximum absolute atomic E-state index is 12.8. The predicted octanol–water partition coefficient (Wildman–Crippen LogP) is 7.93. The number of Topliss-reactive ketones (excluding diaryl/α,β-unsaturated/α-hetero) is 1. The summed E-state index contributed by atoms with van der Waals surface area (Å²) in [7, 11) is 0. The van der Waals surface area contributed by atoms with Gasteiger partial charge in [0.1, 0.15) is 11.4 Å². The highest BCUT2D eigenvalue weighted by Crippen LogP contribution is 2.88. The first-order valence-electron chi connectivity index (χ1n) is 16.2. The first-order chi connectivity index (χ1) is 18.2. The van der Waals surface area contributed by atoms with E-state index in [1.54, 1.807) is 0 Å². The molecule has 5 nitrogen and oxygen atoms in total. The zero-order chi connectivity index (χ0) is 27.0. The first-order valence-corrected chi connectivity index (χ1v) is 16.2. The van der Waals surface area contributed by atoms with Crippen LogP contribution in [0.3, 0.4) is 0 Å². The molecule has 2 heterocycles. The van der Waals surface area contributed by atoms with Crippen molar-refractivity contribution in [1.82, 2.24) is 0 Å². The molecular formula is C33H54O5. The molecule has 3 aliphatic carbocycles. The molecule has 0 aromatic carbocycles. The minimum absolute atomic E-state index is 0.146. The van der Waals surface area contributed by atoms with Crippen LogP contribution in [0.4, 0.5) is 0 Å². The van der Waals surface area contributed by atoms with Gasteiger partial charge >= 0.3 is 5.97 Å². The maximum Gasteiger partial charge on any atom is 0.308 e. The molecule has 5 rings (SSSR count). The Labute approximate surface area is 231 Å². The number of ether oxygens (including phenoxy) is 3. The number of esters is 1. The molecule has 0 bridgehead atoms. The average Bonchev–Trinajstić information content (AvgIpc) is 3.69. The summed E-state index contributed by atoms with van der Waals surface area (Å²) in [5.41, 5.74) is 0.162. The van der Waals surface area contributed by atoms with E-state index in [2.05, 4.69) is 27.7 Å². The molecule has 2 saturated heterocycles. The van der Waals surface area contributed by atoms with Gasteiger partial charge in [-0.05, 0) is 61.2 Å². The van der Waals surface area contributed by atoms with Crippen LogP contribution in [0, 0.1) is 28.1 Å². The Morgan fingerprint density at radius 2 is 1.42 bits per heavy atom. The third-order valence-electron chi connectivity index (χ3n) is 11.3. The number of hydrogen-bond donors (Lipinski definition) is 0. The lowest BCUT2D eigenvalue weighted by atomic mass is 9.64. The minimum atomic E-state index is -0.465. The summed E-state index contributed by atoms with van der Waals surface area (Å²) < 4.78 is 18.6. The van der Waals surface area contributed by atoms with Gasteiger partial charge in [0.05, 0.1) is 18.1 Å². The second-order valence-corrected chi connectivity index (χ2v) is 14.6. The molecule has 7 atom stereocenters. The van der Waals surface area contributed by atoms with Crippen LogP contribution in [-0.4, -0.2) is 36.4 Å².